The van der Waals surface area contributed by atoms with E-state index < -0.39 is 10.0 Å². The largest absolute Gasteiger partial charge is 0.493 e. The van der Waals surface area contributed by atoms with Gasteiger partial charge >= 0.3 is 0 Å². The predicted octanol–water partition coefficient (Wildman–Crippen LogP) is 8.11. The topological polar surface area (TPSA) is 81.5 Å². The van der Waals surface area contributed by atoms with Crippen LogP contribution in [0.1, 0.15) is 36.5 Å². The highest BCUT2D eigenvalue weighted by molar-refractivity contribution is 7.92. The molecule has 0 spiro atoms. The molecule has 1 aliphatic heterocycles. The van der Waals surface area contributed by atoms with E-state index >= 15 is 0 Å². The summed E-state index contributed by atoms with van der Waals surface area (Å²) in [5.41, 5.74) is 4.92. The van der Waals surface area contributed by atoms with Crippen molar-refractivity contribution >= 4 is 27.1 Å². The lowest BCUT2D eigenvalue weighted by atomic mass is 10.1. The lowest BCUT2D eigenvalue weighted by Gasteiger charge is -2.28. The molecule has 5 rings (SSSR count). The van der Waals surface area contributed by atoms with Gasteiger partial charge in [-0.15, -0.1) is 0 Å². The molecule has 1 N–H and O–H groups in total. The Labute approximate surface area is 266 Å². The summed E-state index contributed by atoms with van der Waals surface area (Å²) in [6.07, 6.45) is 1.56. The predicted molar refractivity (Wildman–Crippen MR) is 179 cm³/mol. The highest BCUT2D eigenvalue weighted by Gasteiger charge is 2.18. The summed E-state index contributed by atoms with van der Waals surface area (Å²) >= 11 is 0. The van der Waals surface area contributed by atoms with Gasteiger partial charge in [-0.3, -0.25) is 4.72 Å². The van der Waals surface area contributed by atoms with E-state index in [4.69, 9.17) is 20.8 Å². The van der Waals surface area contributed by atoms with Gasteiger partial charge in [0, 0.05) is 37.4 Å². The molecule has 1 saturated heterocycles. The van der Waals surface area contributed by atoms with Gasteiger partial charge in [0.15, 0.2) is 5.69 Å². The number of hydrogen-bond donors (Lipinski definition) is 1. The summed E-state index contributed by atoms with van der Waals surface area (Å²) in [7, 11) is -3.45. The molecule has 0 aromatic heterocycles. The van der Waals surface area contributed by atoms with E-state index in [1.807, 2.05) is 92.7 Å². The van der Waals surface area contributed by atoms with Crippen molar-refractivity contribution in [2.24, 2.45) is 5.92 Å². The summed E-state index contributed by atoms with van der Waals surface area (Å²) in [6, 6.07) is 28.8. The molecule has 1 fully saturated rings. The van der Waals surface area contributed by atoms with Crippen LogP contribution < -0.4 is 19.1 Å². The second-order valence-corrected chi connectivity index (χ2v) is 13.1. The first-order valence-corrected chi connectivity index (χ1v) is 16.9. The number of rotatable bonds is 14. The molecule has 234 valence electrons. The van der Waals surface area contributed by atoms with E-state index in [1.165, 1.54) is 0 Å². The van der Waals surface area contributed by atoms with Crippen LogP contribution in [0.4, 0.5) is 17.1 Å². The van der Waals surface area contributed by atoms with E-state index in [1.54, 1.807) is 12.1 Å². The number of nitrogens with one attached hydrogen (secondary N) is 1. The monoisotopic (exact) mass is 625 g/mol. The van der Waals surface area contributed by atoms with Crippen LogP contribution in [0.15, 0.2) is 91.0 Å². The molecular formula is C36H39N3O5S. The molecule has 0 saturated carbocycles. The van der Waals surface area contributed by atoms with Crippen LogP contribution in [0.3, 0.4) is 0 Å². The second kappa shape index (κ2) is 15.0. The lowest BCUT2D eigenvalue weighted by Crippen LogP contribution is -2.24. The van der Waals surface area contributed by atoms with Gasteiger partial charge in [0.05, 0.1) is 31.2 Å². The third-order valence-corrected chi connectivity index (χ3v) is 9.12. The van der Waals surface area contributed by atoms with Crippen LogP contribution in [-0.4, -0.2) is 34.0 Å². The van der Waals surface area contributed by atoms with Gasteiger partial charge in [0.2, 0.25) is 10.0 Å². The van der Waals surface area contributed by atoms with Crippen molar-refractivity contribution in [2.75, 3.05) is 35.2 Å². The van der Waals surface area contributed by atoms with Crippen molar-refractivity contribution in [1.29, 1.82) is 0 Å². The summed E-state index contributed by atoms with van der Waals surface area (Å²) < 4.78 is 45.5. The van der Waals surface area contributed by atoms with Crippen molar-refractivity contribution in [2.45, 2.75) is 39.8 Å². The number of nitrogens with zero attached hydrogens (tertiary/aromatic N) is 2. The standard InChI is InChI=1S/C36H39N3O5S/c1-4-20-45(40,41)38-35-12-7-13-36(27(35)2)39(24-29-8-5-9-31(21-29)37-3)23-28-14-16-32(17-15-28)44-34-11-6-10-33(22-34)43-26-30-18-19-42-25-30/h5-17,21-22,30,38H,4,18-20,23-26H2,1-2H3. The Bertz CT molecular complexity index is 1730. The summed E-state index contributed by atoms with van der Waals surface area (Å²) in [5.74, 6) is 2.66. The van der Waals surface area contributed by atoms with Crippen LogP contribution in [0.25, 0.3) is 4.85 Å². The Hall–Kier alpha value is -4.52. The molecule has 0 bridgehead atoms. The fourth-order valence-electron chi connectivity index (χ4n) is 5.31. The molecule has 8 nitrogen and oxygen atoms in total. The zero-order valence-corrected chi connectivity index (χ0v) is 26.6. The maximum absolute atomic E-state index is 12.6. The molecule has 1 atom stereocenters. The number of benzene rings is 4. The van der Waals surface area contributed by atoms with Gasteiger partial charge in [-0.25, -0.2) is 13.3 Å². The second-order valence-electron chi connectivity index (χ2n) is 11.3. The Morgan fingerprint density at radius 3 is 2.44 bits per heavy atom. The summed E-state index contributed by atoms with van der Waals surface area (Å²) in [6.45, 7) is 14.5. The number of anilines is 2. The van der Waals surface area contributed by atoms with E-state index in [-0.39, 0.29) is 5.75 Å². The molecule has 0 amide bonds. The Kier molecular flexibility index (Phi) is 10.6. The highest BCUT2D eigenvalue weighted by atomic mass is 32.2. The third kappa shape index (κ3) is 9.00. The van der Waals surface area contributed by atoms with Gasteiger partial charge in [0.25, 0.3) is 0 Å². The molecule has 4 aromatic rings. The molecule has 9 heteroatoms. The van der Waals surface area contributed by atoms with Gasteiger partial charge in [0.1, 0.15) is 17.2 Å². The minimum absolute atomic E-state index is 0.0609. The SMILES string of the molecule is [C-]#[N+]c1cccc(CN(Cc2ccc(Oc3cccc(OCC4CCOC4)c3)cc2)c2cccc(NS(=O)(=O)CCC)c2C)c1. The Morgan fingerprint density at radius 1 is 0.933 bits per heavy atom. The fourth-order valence-corrected chi connectivity index (χ4v) is 6.51. The Balaban J connectivity index is 1.33. The Morgan fingerprint density at radius 2 is 1.69 bits per heavy atom. The smallest absolute Gasteiger partial charge is 0.232 e. The minimum atomic E-state index is -3.45. The zero-order chi connectivity index (χ0) is 31.6. The van der Waals surface area contributed by atoms with Crippen LogP contribution in [0.2, 0.25) is 0 Å². The number of hydrogen-bond acceptors (Lipinski definition) is 6. The van der Waals surface area contributed by atoms with Crippen LogP contribution >= 0.6 is 0 Å². The summed E-state index contributed by atoms with van der Waals surface area (Å²) in [4.78, 5) is 5.79. The molecular weight excluding hydrogens is 586 g/mol. The number of ether oxygens (including phenoxy) is 3. The average Bonchev–Trinajstić information content (AvgIpc) is 3.56. The van der Waals surface area contributed by atoms with Crippen molar-refractivity contribution in [3.8, 4) is 17.2 Å². The normalized spacial score (nSPS) is 14.5. The molecule has 0 aliphatic carbocycles. The lowest BCUT2D eigenvalue weighted by molar-refractivity contribution is 0.167. The first-order chi connectivity index (χ1) is 21.8. The average molecular weight is 626 g/mol. The number of sulfonamides is 1. The highest BCUT2D eigenvalue weighted by Crippen LogP contribution is 2.32. The van der Waals surface area contributed by atoms with Gasteiger partial charge < -0.3 is 19.1 Å². The third-order valence-electron chi connectivity index (χ3n) is 7.64. The van der Waals surface area contributed by atoms with E-state index in [0.717, 1.165) is 47.8 Å². The van der Waals surface area contributed by atoms with Crippen molar-refractivity contribution in [3.05, 3.63) is 119 Å². The first kappa shape index (κ1) is 31.9. The molecule has 4 aromatic carbocycles. The van der Waals surface area contributed by atoms with Crippen molar-refractivity contribution in [1.82, 2.24) is 0 Å². The minimum Gasteiger partial charge on any atom is -0.493 e. The van der Waals surface area contributed by atoms with Gasteiger partial charge in [-0.05, 0) is 72.9 Å². The maximum Gasteiger partial charge on any atom is 0.232 e. The maximum atomic E-state index is 12.6. The quantitative estimate of drug-likeness (QED) is 0.143. The van der Waals surface area contributed by atoms with Gasteiger partial charge in [-0.2, -0.15) is 0 Å². The summed E-state index contributed by atoms with van der Waals surface area (Å²) in [5, 5.41) is 0. The van der Waals surface area contributed by atoms with E-state index in [0.29, 0.717) is 54.9 Å². The van der Waals surface area contributed by atoms with Crippen molar-refractivity contribution in [3.63, 3.8) is 0 Å². The van der Waals surface area contributed by atoms with E-state index in [9.17, 15) is 8.42 Å². The van der Waals surface area contributed by atoms with Crippen molar-refractivity contribution < 1.29 is 22.6 Å². The van der Waals surface area contributed by atoms with Crippen LogP contribution in [0, 0.1) is 19.4 Å². The zero-order valence-electron chi connectivity index (χ0n) is 25.7. The first-order valence-electron chi connectivity index (χ1n) is 15.2. The molecule has 0 radical (unpaired) electrons. The van der Waals surface area contributed by atoms with Crippen LogP contribution in [-0.2, 0) is 27.8 Å². The fraction of sp³-hybridized carbons (Fsp3) is 0.306. The molecule has 45 heavy (non-hydrogen) atoms. The molecule has 1 heterocycles. The van der Waals surface area contributed by atoms with E-state index in [2.05, 4.69) is 14.5 Å². The molecule has 1 unspecified atom stereocenters. The molecule has 1 aliphatic rings. The van der Waals surface area contributed by atoms with Crippen LogP contribution in [0.5, 0.6) is 17.2 Å². The van der Waals surface area contributed by atoms with Gasteiger partial charge in [-0.1, -0.05) is 55.5 Å².